The van der Waals surface area contributed by atoms with Crippen molar-refractivity contribution in [2.75, 3.05) is 18.0 Å². The van der Waals surface area contributed by atoms with Gasteiger partial charge in [0.25, 0.3) is 0 Å². The van der Waals surface area contributed by atoms with E-state index in [9.17, 15) is 13.2 Å². The molecule has 0 aliphatic heterocycles. The zero-order chi connectivity index (χ0) is 13.4. The Bertz CT molecular complexity index is 322. The van der Waals surface area contributed by atoms with Crippen LogP contribution in [0.2, 0.25) is 0 Å². The largest absolute Gasteiger partial charge is 0.405 e. The maximum atomic E-state index is 12.5. The number of nitrogens with zero attached hydrogens (tertiary/aromatic N) is 1. The number of para-hydroxylation sites is 1. The van der Waals surface area contributed by atoms with Gasteiger partial charge in [-0.2, -0.15) is 13.2 Å². The summed E-state index contributed by atoms with van der Waals surface area (Å²) in [7, 11) is 0. The molecule has 102 valence electrons. The summed E-state index contributed by atoms with van der Waals surface area (Å²) >= 11 is 0. The quantitative estimate of drug-likeness (QED) is 0.645. The van der Waals surface area contributed by atoms with Gasteiger partial charge in [0.05, 0.1) is 0 Å². The number of alkyl halides is 3. The summed E-state index contributed by atoms with van der Waals surface area (Å²) in [5.74, 6) is 0. The zero-order valence-electron chi connectivity index (χ0n) is 10.7. The third-order valence-corrected chi connectivity index (χ3v) is 2.77. The highest BCUT2D eigenvalue weighted by atomic mass is 19.4. The number of anilines is 1. The van der Waals surface area contributed by atoms with E-state index >= 15 is 0 Å². The Kier molecular flexibility index (Phi) is 6.02. The summed E-state index contributed by atoms with van der Waals surface area (Å²) < 4.78 is 37.6. The van der Waals surface area contributed by atoms with E-state index in [1.165, 1.54) is 4.90 Å². The van der Waals surface area contributed by atoms with Gasteiger partial charge in [-0.3, -0.25) is 0 Å². The molecule has 4 heteroatoms. The molecule has 0 amide bonds. The van der Waals surface area contributed by atoms with Crippen LogP contribution in [0.4, 0.5) is 18.9 Å². The van der Waals surface area contributed by atoms with E-state index in [-0.39, 0.29) is 0 Å². The van der Waals surface area contributed by atoms with Crippen LogP contribution in [0.15, 0.2) is 30.3 Å². The Morgan fingerprint density at radius 3 is 2.22 bits per heavy atom. The van der Waals surface area contributed by atoms with Crippen molar-refractivity contribution < 1.29 is 13.2 Å². The molecule has 0 saturated carbocycles. The first-order chi connectivity index (χ1) is 8.53. The molecule has 0 aromatic heterocycles. The molecule has 1 aromatic rings. The average Bonchev–Trinajstić information content (AvgIpc) is 2.33. The molecule has 0 bridgehead atoms. The minimum absolute atomic E-state index is 0.462. The lowest BCUT2D eigenvalue weighted by atomic mass is 10.2. The predicted molar refractivity (Wildman–Crippen MR) is 68.9 cm³/mol. The SMILES string of the molecule is CCCCCCN(CC(F)(F)F)c1ccccc1. The van der Waals surface area contributed by atoms with Gasteiger partial charge >= 0.3 is 6.18 Å². The number of hydrogen-bond acceptors (Lipinski definition) is 1. The monoisotopic (exact) mass is 259 g/mol. The number of rotatable bonds is 7. The zero-order valence-corrected chi connectivity index (χ0v) is 10.7. The molecule has 1 rings (SSSR count). The lowest BCUT2D eigenvalue weighted by Crippen LogP contribution is -2.35. The first-order valence-electron chi connectivity index (χ1n) is 6.39. The lowest BCUT2D eigenvalue weighted by Gasteiger charge is -2.26. The van der Waals surface area contributed by atoms with E-state index < -0.39 is 12.7 Å². The van der Waals surface area contributed by atoms with Gasteiger partial charge in [0.2, 0.25) is 0 Å². The van der Waals surface area contributed by atoms with E-state index in [1.807, 2.05) is 6.07 Å². The second-order valence-corrected chi connectivity index (χ2v) is 4.43. The standard InChI is InChI=1S/C14H20F3N/c1-2-3-4-8-11-18(12-14(15,16)17)13-9-6-5-7-10-13/h5-7,9-10H,2-4,8,11-12H2,1H3. The van der Waals surface area contributed by atoms with E-state index in [0.29, 0.717) is 12.2 Å². The fraction of sp³-hybridized carbons (Fsp3) is 0.571. The predicted octanol–water partition coefficient (Wildman–Crippen LogP) is 4.64. The second kappa shape index (κ2) is 7.29. The van der Waals surface area contributed by atoms with Gasteiger partial charge in [-0.25, -0.2) is 0 Å². The summed E-state index contributed by atoms with van der Waals surface area (Å²) in [5, 5.41) is 0. The van der Waals surface area contributed by atoms with E-state index in [2.05, 4.69) is 6.92 Å². The normalized spacial score (nSPS) is 11.6. The van der Waals surface area contributed by atoms with Gasteiger partial charge in [-0.1, -0.05) is 44.4 Å². The maximum Gasteiger partial charge on any atom is 0.405 e. The molecular formula is C14H20F3N. The van der Waals surface area contributed by atoms with E-state index in [4.69, 9.17) is 0 Å². The molecule has 0 aliphatic carbocycles. The Balaban J connectivity index is 2.58. The number of unbranched alkanes of at least 4 members (excludes halogenated alkanes) is 3. The molecule has 0 radical (unpaired) electrons. The van der Waals surface area contributed by atoms with Crippen LogP contribution in [0.5, 0.6) is 0 Å². The molecule has 0 N–H and O–H groups in total. The molecule has 0 atom stereocenters. The number of benzene rings is 1. The molecular weight excluding hydrogens is 239 g/mol. The van der Waals surface area contributed by atoms with Crippen LogP contribution in [0.3, 0.4) is 0 Å². The van der Waals surface area contributed by atoms with Crippen molar-refractivity contribution in [2.45, 2.75) is 38.8 Å². The first kappa shape index (κ1) is 14.9. The van der Waals surface area contributed by atoms with Gasteiger partial charge < -0.3 is 4.90 Å². The van der Waals surface area contributed by atoms with Crippen LogP contribution in [0, 0.1) is 0 Å². The first-order valence-corrected chi connectivity index (χ1v) is 6.39. The van der Waals surface area contributed by atoms with Crippen LogP contribution in [0.25, 0.3) is 0 Å². The Hall–Kier alpha value is -1.19. The van der Waals surface area contributed by atoms with Crippen molar-refractivity contribution in [2.24, 2.45) is 0 Å². The minimum atomic E-state index is -4.15. The fourth-order valence-corrected chi connectivity index (χ4v) is 1.88. The lowest BCUT2D eigenvalue weighted by molar-refractivity contribution is -0.119. The summed E-state index contributed by atoms with van der Waals surface area (Å²) in [4.78, 5) is 1.41. The van der Waals surface area contributed by atoms with Gasteiger partial charge in [0.15, 0.2) is 0 Å². The van der Waals surface area contributed by atoms with Crippen molar-refractivity contribution >= 4 is 5.69 Å². The number of halogens is 3. The molecule has 0 fully saturated rings. The summed E-state index contributed by atoms with van der Waals surface area (Å²) in [6, 6.07) is 8.80. The smallest absolute Gasteiger partial charge is 0.363 e. The minimum Gasteiger partial charge on any atom is -0.363 e. The molecule has 0 aliphatic rings. The molecule has 0 saturated heterocycles. The van der Waals surface area contributed by atoms with Crippen molar-refractivity contribution in [3.05, 3.63) is 30.3 Å². The van der Waals surface area contributed by atoms with Crippen LogP contribution >= 0.6 is 0 Å². The third-order valence-electron chi connectivity index (χ3n) is 2.77. The second-order valence-electron chi connectivity index (χ2n) is 4.43. The summed E-state index contributed by atoms with van der Waals surface area (Å²) in [5.41, 5.74) is 0.645. The van der Waals surface area contributed by atoms with Crippen molar-refractivity contribution in [1.82, 2.24) is 0 Å². The maximum absolute atomic E-state index is 12.5. The third kappa shape index (κ3) is 5.94. The highest BCUT2D eigenvalue weighted by Gasteiger charge is 2.30. The van der Waals surface area contributed by atoms with E-state index in [1.54, 1.807) is 24.3 Å². The highest BCUT2D eigenvalue weighted by Crippen LogP contribution is 2.22. The molecule has 0 heterocycles. The topological polar surface area (TPSA) is 3.24 Å². The fourth-order valence-electron chi connectivity index (χ4n) is 1.88. The number of hydrogen-bond donors (Lipinski definition) is 0. The van der Waals surface area contributed by atoms with Crippen molar-refractivity contribution in [3.8, 4) is 0 Å². The average molecular weight is 259 g/mol. The summed E-state index contributed by atoms with van der Waals surface area (Å²) in [6.45, 7) is 1.68. The molecule has 0 spiro atoms. The molecule has 18 heavy (non-hydrogen) atoms. The molecule has 0 unspecified atom stereocenters. The Morgan fingerprint density at radius 2 is 1.67 bits per heavy atom. The highest BCUT2D eigenvalue weighted by molar-refractivity contribution is 5.46. The van der Waals surface area contributed by atoms with Gasteiger partial charge in [-0.05, 0) is 18.6 Å². The Labute approximate surface area is 107 Å². The van der Waals surface area contributed by atoms with Crippen LogP contribution in [-0.4, -0.2) is 19.3 Å². The van der Waals surface area contributed by atoms with Crippen LogP contribution in [0.1, 0.15) is 32.6 Å². The van der Waals surface area contributed by atoms with Gasteiger partial charge in [-0.15, -0.1) is 0 Å². The van der Waals surface area contributed by atoms with Crippen molar-refractivity contribution in [1.29, 1.82) is 0 Å². The van der Waals surface area contributed by atoms with Gasteiger partial charge in [0, 0.05) is 12.2 Å². The molecule has 1 nitrogen and oxygen atoms in total. The molecule has 1 aromatic carbocycles. The van der Waals surface area contributed by atoms with Crippen LogP contribution < -0.4 is 4.90 Å². The van der Waals surface area contributed by atoms with Gasteiger partial charge in [0.1, 0.15) is 6.54 Å². The van der Waals surface area contributed by atoms with Crippen LogP contribution in [-0.2, 0) is 0 Å². The summed E-state index contributed by atoms with van der Waals surface area (Å²) in [6.07, 6.45) is -0.198. The van der Waals surface area contributed by atoms with E-state index in [0.717, 1.165) is 25.7 Å². The Morgan fingerprint density at radius 1 is 1.00 bits per heavy atom. The van der Waals surface area contributed by atoms with Crippen molar-refractivity contribution in [3.63, 3.8) is 0 Å².